The maximum Gasteiger partial charge on any atom is 0.234 e. The van der Waals surface area contributed by atoms with Gasteiger partial charge in [-0.15, -0.1) is 11.8 Å². The molecule has 1 amide bonds. The molecule has 2 heterocycles. The summed E-state index contributed by atoms with van der Waals surface area (Å²) in [6.07, 6.45) is 1.68. The lowest BCUT2D eigenvalue weighted by Crippen LogP contribution is -2.28. The lowest BCUT2D eigenvalue weighted by atomic mass is 10.2. The Morgan fingerprint density at radius 2 is 2.10 bits per heavy atom. The molecular weight excluding hydrogens is 294 g/mol. The first kappa shape index (κ1) is 14.0. The highest BCUT2D eigenvalue weighted by Gasteiger charge is 2.33. The Balaban J connectivity index is 1.84. The second-order valence-corrected chi connectivity index (χ2v) is 5.76. The van der Waals surface area contributed by atoms with E-state index < -0.39 is 11.6 Å². The summed E-state index contributed by atoms with van der Waals surface area (Å²) in [7, 11) is 0. The van der Waals surface area contributed by atoms with Crippen LogP contribution in [0.15, 0.2) is 42.6 Å². The first-order valence-electron chi connectivity index (χ1n) is 6.41. The molecular formula is C15H12F2N2OS. The topological polar surface area (TPSA) is 33.2 Å². The summed E-state index contributed by atoms with van der Waals surface area (Å²) in [5, 5.41) is -0.188. The lowest BCUT2D eigenvalue weighted by Gasteiger charge is -2.23. The number of benzene rings is 1. The van der Waals surface area contributed by atoms with Gasteiger partial charge in [0.25, 0.3) is 0 Å². The molecule has 1 atom stereocenters. The number of carbonyl (C=O) groups excluding carboxylic acids is 1. The van der Waals surface area contributed by atoms with E-state index >= 15 is 0 Å². The van der Waals surface area contributed by atoms with Crippen molar-refractivity contribution in [2.45, 2.75) is 11.9 Å². The van der Waals surface area contributed by atoms with Crippen LogP contribution >= 0.6 is 11.8 Å². The second-order valence-electron chi connectivity index (χ2n) is 4.69. The highest BCUT2D eigenvalue weighted by molar-refractivity contribution is 8.00. The van der Waals surface area contributed by atoms with Gasteiger partial charge in [-0.2, -0.15) is 0 Å². The molecule has 3 rings (SSSR count). The largest absolute Gasteiger partial charge is 0.320 e. The number of rotatable bonds is 3. The molecule has 1 aliphatic rings. The zero-order chi connectivity index (χ0) is 14.8. The van der Waals surface area contributed by atoms with Gasteiger partial charge in [-0.25, -0.2) is 8.78 Å². The summed E-state index contributed by atoms with van der Waals surface area (Å²) in [5.74, 6) is -1.45. The highest BCUT2D eigenvalue weighted by Crippen LogP contribution is 2.38. The zero-order valence-electron chi connectivity index (χ0n) is 11.0. The number of halogens is 2. The van der Waals surface area contributed by atoms with E-state index in [2.05, 4.69) is 4.98 Å². The van der Waals surface area contributed by atoms with Crippen molar-refractivity contribution in [3.63, 3.8) is 0 Å². The number of nitrogens with zero attached hydrogens (tertiary/aromatic N) is 2. The van der Waals surface area contributed by atoms with Crippen LogP contribution in [0, 0.1) is 11.6 Å². The number of carbonyl (C=O) groups is 1. The number of hydrogen-bond donors (Lipinski definition) is 0. The molecule has 0 bridgehead atoms. The average molecular weight is 306 g/mol. The summed E-state index contributed by atoms with van der Waals surface area (Å²) in [6, 6.07) is 9.22. The van der Waals surface area contributed by atoms with E-state index in [1.165, 1.54) is 17.8 Å². The van der Waals surface area contributed by atoms with Crippen molar-refractivity contribution in [2.75, 3.05) is 5.75 Å². The van der Waals surface area contributed by atoms with Gasteiger partial charge in [0, 0.05) is 12.7 Å². The minimum atomic E-state index is -0.902. The number of pyridine rings is 1. The number of hydrogen-bond acceptors (Lipinski definition) is 3. The predicted octanol–water partition coefficient (Wildman–Crippen LogP) is 3.13. The van der Waals surface area contributed by atoms with E-state index in [9.17, 15) is 13.6 Å². The monoisotopic (exact) mass is 306 g/mol. The van der Waals surface area contributed by atoms with Crippen LogP contribution in [0.5, 0.6) is 0 Å². The highest BCUT2D eigenvalue weighted by atomic mass is 32.2. The van der Waals surface area contributed by atoms with Gasteiger partial charge in [-0.05, 0) is 29.8 Å². The van der Waals surface area contributed by atoms with E-state index in [4.69, 9.17) is 0 Å². The van der Waals surface area contributed by atoms with Crippen molar-refractivity contribution in [1.82, 2.24) is 9.88 Å². The van der Waals surface area contributed by atoms with Crippen molar-refractivity contribution >= 4 is 17.7 Å². The molecule has 0 radical (unpaired) electrons. The standard InChI is InChI=1S/C15H12F2N2OS/c16-11-5-4-10(7-12(11)17)8-19-14(20)9-21-15(19)13-3-1-2-6-18-13/h1-7,15H,8-9H2. The maximum atomic E-state index is 13.3. The fraction of sp³-hybridized carbons (Fsp3) is 0.200. The fourth-order valence-electron chi connectivity index (χ4n) is 2.23. The van der Waals surface area contributed by atoms with Crippen molar-refractivity contribution in [1.29, 1.82) is 0 Å². The predicted molar refractivity (Wildman–Crippen MR) is 76.3 cm³/mol. The average Bonchev–Trinajstić information content (AvgIpc) is 2.85. The molecule has 0 N–H and O–H groups in total. The van der Waals surface area contributed by atoms with Crippen LogP contribution in [0.4, 0.5) is 8.78 Å². The quantitative estimate of drug-likeness (QED) is 0.873. The SMILES string of the molecule is O=C1CSC(c2ccccn2)N1Cc1ccc(F)c(F)c1. The van der Waals surface area contributed by atoms with Gasteiger partial charge in [-0.1, -0.05) is 12.1 Å². The summed E-state index contributed by atoms with van der Waals surface area (Å²) in [6.45, 7) is 0.240. The van der Waals surface area contributed by atoms with E-state index in [0.29, 0.717) is 11.3 Å². The molecule has 0 saturated carbocycles. The van der Waals surface area contributed by atoms with Crippen molar-refractivity contribution in [3.05, 3.63) is 65.5 Å². The summed E-state index contributed by atoms with van der Waals surface area (Å²) >= 11 is 1.48. The molecule has 1 aromatic carbocycles. The second kappa shape index (κ2) is 5.81. The van der Waals surface area contributed by atoms with Crippen molar-refractivity contribution in [2.24, 2.45) is 0 Å². The maximum absolute atomic E-state index is 13.3. The summed E-state index contributed by atoms with van der Waals surface area (Å²) in [5.41, 5.74) is 1.35. The van der Waals surface area contributed by atoms with Gasteiger partial charge in [0.05, 0.1) is 11.4 Å². The first-order valence-corrected chi connectivity index (χ1v) is 7.46. The van der Waals surface area contributed by atoms with Crippen molar-refractivity contribution in [3.8, 4) is 0 Å². The minimum absolute atomic E-state index is 0.0274. The van der Waals surface area contributed by atoms with Gasteiger partial charge >= 0.3 is 0 Å². The van der Waals surface area contributed by atoms with Crippen LogP contribution in [-0.2, 0) is 11.3 Å². The molecule has 3 nitrogen and oxygen atoms in total. The fourth-order valence-corrected chi connectivity index (χ4v) is 3.38. The van der Waals surface area contributed by atoms with Crippen molar-refractivity contribution < 1.29 is 13.6 Å². The van der Waals surface area contributed by atoms with Gasteiger partial charge in [0.1, 0.15) is 5.37 Å². The molecule has 6 heteroatoms. The molecule has 1 saturated heterocycles. The Hall–Kier alpha value is -1.95. The normalized spacial score (nSPS) is 18.3. The molecule has 21 heavy (non-hydrogen) atoms. The van der Waals surface area contributed by atoms with Crippen LogP contribution < -0.4 is 0 Å². The minimum Gasteiger partial charge on any atom is -0.320 e. The van der Waals surface area contributed by atoms with Crippen LogP contribution in [0.2, 0.25) is 0 Å². The Kier molecular flexibility index (Phi) is 3.88. The molecule has 0 spiro atoms. The third kappa shape index (κ3) is 2.90. The summed E-state index contributed by atoms with van der Waals surface area (Å²) in [4.78, 5) is 17.9. The number of thioether (sulfide) groups is 1. The zero-order valence-corrected chi connectivity index (χ0v) is 11.8. The van der Waals surface area contributed by atoms with E-state index in [1.54, 1.807) is 11.1 Å². The van der Waals surface area contributed by atoms with Crippen LogP contribution in [-0.4, -0.2) is 21.5 Å². The van der Waals surface area contributed by atoms with E-state index in [0.717, 1.165) is 17.8 Å². The Bertz CT molecular complexity index is 666. The first-order chi connectivity index (χ1) is 10.1. The summed E-state index contributed by atoms with van der Waals surface area (Å²) < 4.78 is 26.2. The van der Waals surface area contributed by atoms with Gasteiger partial charge in [0.2, 0.25) is 5.91 Å². The van der Waals surface area contributed by atoms with Crippen LogP contribution in [0.25, 0.3) is 0 Å². The molecule has 1 aromatic heterocycles. The van der Waals surface area contributed by atoms with Gasteiger partial charge < -0.3 is 4.90 Å². The molecule has 0 aliphatic carbocycles. The number of aromatic nitrogens is 1. The van der Waals surface area contributed by atoms with Gasteiger partial charge in [0.15, 0.2) is 11.6 Å². The Morgan fingerprint density at radius 1 is 1.24 bits per heavy atom. The van der Waals surface area contributed by atoms with E-state index in [1.807, 2.05) is 18.2 Å². The van der Waals surface area contributed by atoms with Crippen LogP contribution in [0.3, 0.4) is 0 Å². The molecule has 1 fully saturated rings. The Labute approximate surface area is 125 Å². The molecule has 1 unspecified atom stereocenters. The third-order valence-corrected chi connectivity index (χ3v) is 4.47. The third-order valence-electron chi connectivity index (χ3n) is 3.25. The smallest absolute Gasteiger partial charge is 0.234 e. The molecule has 108 valence electrons. The lowest BCUT2D eigenvalue weighted by molar-refractivity contribution is -0.128. The number of amides is 1. The van der Waals surface area contributed by atoms with Crippen LogP contribution in [0.1, 0.15) is 16.6 Å². The molecule has 2 aromatic rings. The molecule has 1 aliphatic heterocycles. The van der Waals surface area contributed by atoms with E-state index in [-0.39, 0.29) is 17.8 Å². The van der Waals surface area contributed by atoms with Gasteiger partial charge in [-0.3, -0.25) is 9.78 Å². The Morgan fingerprint density at radius 3 is 2.81 bits per heavy atom.